The standard InChI is InChI=1S/C15H8F6N4O2S/c16-10-6-12(18)11(17)5-9(10)13-23-14(15(19,20)21)24-25(13)7-1-3-8(4-2-7)28(22,26)27/h1-6H,(H2,22,26,27). The fourth-order valence-electron chi connectivity index (χ4n) is 2.26. The van der Waals surface area contributed by atoms with Crippen molar-refractivity contribution < 1.29 is 34.8 Å². The van der Waals surface area contributed by atoms with E-state index in [1.54, 1.807) is 0 Å². The molecule has 0 fully saturated rings. The highest BCUT2D eigenvalue weighted by molar-refractivity contribution is 7.89. The van der Waals surface area contributed by atoms with E-state index in [4.69, 9.17) is 5.14 Å². The summed E-state index contributed by atoms with van der Waals surface area (Å²) in [7, 11) is -4.08. The monoisotopic (exact) mass is 422 g/mol. The first-order valence-corrected chi connectivity index (χ1v) is 8.75. The molecule has 0 saturated heterocycles. The van der Waals surface area contributed by atoms with Crippen LogP contribution in [0.2, 0.25) is 0 Å². The molecule has 0 unspecified atom stereocenters. The summed E-state index contributed by atoms with van der Waals surface area (Å²) < 4.78 is 103. The number of sulfonamides is 1. The van der Waals surface area contributed by atoms with Crippen molar-refractivity contribution in [3.05, 3.63) is 59.7 Å². The predicted molar refractivity (Wildman–Crippen MR) is 83.0 cm³/mol. The molecule has 0 radical (unpaired) electrons. The average molecular weight is 422 g/mol. The molecule has 0 saturated carbocycles. The van der Waals surface area contributed by atoms with Crippen molar-refractivity contribution in [3.8, 4) is 17.1 Å². The quantitative estimate of drug-likeness (QED) is 0.519. The highest BCUT2D eigenvalue weighted by Gasteiger charge is 2.38. The van der Waals surface area contributed by atoms with Crippen molar-refractivity contribution in [3.63, 3.8) is 0 Å². The minimum atomic E-state index is -5.02. The maximum atomic E-state index is 14.1. The Bertz CT molecular complexity index is 1160. The van der Waals surface area contributed by atoms with Crippen molar-refractivity contribution in [2.24, 2.45) is 5.14 Å². The third-order valence-electron chi connectivity index (χ3n) is 3.52. The van der Waals surface area contributed by atoms with Crippen molar-refractivity contribution >= 4 is 10.0 Å². The van der Waals surface area contributed by atoms with Gasteiger partial charge in [-0.15, -0.1) is 5.10 Å². The molecule has 2 aromatic carbocycles. The lowest BCUT2D eigenvalue weighted by Gasteiger charge is -2.08. The smallest absolute Gasteiger partial charge is 0.225 e. The van der Waals surface area contributed by atoms with Gasteiger partial charge in [0.05, 0.1) is 16.1 Å². The molecule has 28 heavy (non-hydrogen) atoms. The van der Waals surface area contributed by atoms with Crippen molar-refractivity contribution in [2.45, 2.75) is 11.1 Å². The van der Waals surface area contributed by atoms with Crippen LogP contribution in [0.5, 0.6) is 0 Å². The second kappa shape index (κ2) is 6.60. The number of nitrogens with two attached hydrogens (primary N) is 1. The van der Waals surface area contributed by atoms with E-state index in [1.165, 1.54) is 0 Å². The Morgan fingerprint density at radius 2 is 1.50 bits per heavy atom. The van der Waals surface area contributed by atoms with Gasteiger partial charge in [0, 0.05) is 6.07 Å². The lowest BCUT2D eigenvalue weighted by atomic mass is 10.2. The van der Waals surface area contributed by atoms with Crippen LogP contribution in [-0.4, -0.2) is 23.2 Å². The molecule has 0 atom stereocenters. The summed E-state index contributed by atoms with van der Waals surface area (Å²) in [4.78, 5) is 2.85. The fourth-order valence-corrected chi connectivity index (χ4v) is 2.77. The molecule has 0 aliphatic carbocycles. The molecule has 6 nitrogen and oxygen atoms in total. The summed E-state index contributed by atoms with van der Waals surface area (Å²) in [5.41, 5.74) is -0.938. The molecule has 2 N–H and O–H groups in total. The number of hydrogen-bond acceptors (Lipinski definition) is 4. The van der Waals surface area contributed by atoms with E-state index in [0.29, 0.717) is 10.7 Å². The van der Waals surface area contributed by atoms with Gasteiger partial charge in [-0.25, -0.2) is 36.4 Å². The van der Waals surface area contributed by atoms with Crippen LogP contribution in [0.15, 0.2) is 41.3 Å². The van der Waals surface area contributed by atoms with Gasteiger partial charge in [0.2, 0.25) is 10.0 Å². The normalized spacial score (nSPS) is 12.4. The van der Waals surface area contributed by atoms with Crippen molar-refractivity contribution in [2.75, 3.05) is 0 Å². The lowest BCUT2D eigenvalue weighted by Crippen LogP contribution is -2.12. The number of alkyl halides is 3. The van der Waals surface area contributed by atoms with Crippen LogP contribution >= 0.6 is 0 Å². The second-order valence-electron chi connectivity index (χ2n) is 5.45. The first-order chi connectivity index (χ1) is 12.9. The number of primary sulfonamides is 1. The van der Waals surface area contributed by atoms with E-state index in [-0.39, 0.29) is 16.6 Å². The summed E-state index contributed by atoms with van der Waals surface area (Å²) in [5.74, 6) is -6.86. The Balaban J connectivity index is 2.24. The molecule has 3 rings (SSSR count). The first kappa shape index (κ1) is 19.8. The Kier molecular flexibility index (Phi) is 4.67. The van der Waals surface area contributed by atoms with E-state index in [9.17, 15) is 34.8 Å². The second-order valence-corrected chi connectivity index (χ2v) is 7.02. The van der Waals surface area contributed by atoms with Crippen LogP contribution in [-0.2, 0) is 16.2 Å². The predicted octanol–water partition coefficient (Wildman–Crippen LogP) is 3.02. The minimum absolute atomic E-state index is 0.154. The van der Waals surface area contributed by atoms with Crippen LogP contribution < -0.4 is 5.14 Å². The number of nitrogens with zero attached hydrogens (tertiary/aromatic N) is 3. The average Bonchev–Trinajstić information content (AvgIpc) is 3.03. The Hall–Kier alpha value is -2.93. The molecule has 1 heterocycles. The van der Waals surface area contributed by atoms with E-state index < -0.39 is 50.9 Å². The van der Waals surface area contributed by atoms with Crippen LogP contribution in [0.1, 0.15) is 5.82 Å². The van der Waals surface area contributed by atoms with E-state index >= 15 is 0 Å². The van der Waals surface area contributed by atoms with Gasteiger partial charge in [0.15, 0.2) is 17.5 Å². The zero-order valence-corrected chi connectivity index (χ0v) is 14.2. The van der Waals surface area contributed by atoms with E-state index in [2.05, 4.69) is 10.1 Å². The Labute approximate surface area is 153 Å². The zero-order valence-electron chi connectivity index (χ0n) is 13.4. The van der Waals surface area contributed by atoms with Gasteiger partial charge in [-0.1, -0.05) is 0 Å². The fraction of sp³-hybridized carbons (Fsp3) is 0.0667. The van der Waals surface area contributed by atoms with Gasteiger partial charge in [0.1, 0.15) is 5.82 Å². The minimum Gasteiger partial charge on any atom is -0.225 e. The third-order valence-corrected chi connectivity index (χ3v) is 4.45. The van der Waals surface area contributed by atoms with Crippen LogP contribution in [0.4, 0.5) is 26.3 Å². The molecule has 13 heteroatoms. The molecular formula is C15H8F6N4O2S. The van der Waals surface area contributed by atoms with E-state index in [0.717, 1.165) is 24.3 Å². The highest BCUT2D eigenvalue weighted by Crippen LogP contribution is 2.32. The van der Waals surface area contributed by atoms with Gasteiger partial charge in [-0.3, -0.25) is 0 Å². The largest absolute Gasteiger partial charge is 0.453 e. The number of rotatable bonds is 3. The number of benzene rings is 2. The van der Waals surface area contributed by atoms with Gasteiger partial charge >= 0.3 is 6.18 Å². The molecular weight excluding hydrogens is 414 g/mol. The first-order valence-electron chi connectivity index (χ1n) is 7.20. The molecule has 0 aliphatic rings. The number of aromatic nitrogens is 3. The summed E-state index contributed by atoms with van der Waals surface area (Å²) in [6.45, 7) is 0. The molecule has 0 aliphatic heterocycles. The SMILES string of the molecule is NS(=O)(=O)c1ccc(-n2nc(C(F)(F)F)nc2-c2cc(F)c(F)cc2F)cc1. The van der Waals surface area contributed by atoms with Gasteiger partial charge in [0.25, 0.3) is 5.82 Å². The Morgan fingerprint density at radius 1 is 0.929 bits per heavy atom. The summed E-state index contributed by atoms with van der Waals surface area (Å²) in [6, 6.07) is 4.52. The van der Waals surface area contributed by atoms with Crippen molar-refractivity contribution in [1.82, 2.24) is 14.8 Å². The molecule has 3 aromatic rings. The van der Waals surface area contributed by atoms with Crippen LogP contribution in [0.25, 0.3) is 17.1 Å². The van der Waals surface area contributed by atoms with Crippen LogP contribution in [0, 0.1) is 17.5 Å². The summed E-state index contributed by atoms with van der Waals surface area (Å²) in [6.07, 6.45) is -5.02. The van der Waals surface area contributed by atoms with Crippen LogP contribution in [0.3, 0.4) is 0 Å². The lowest BCUT2D eigenvalue weighted by molar-refractivity contribution is -0.144. The highest BCUT2D eigenvalue weighted by atomic mass is 32.2. The van der Waals surface area contributed by atoms with Gasteiger partial charge in [-0.05, 0) is 30.3 Å². The summed E-state index contributed by atoms with van der Waals surface area (Å²) in [5, 5.41) is 8.17. The summed E-state index contributed by atoms with van der Waals surface area (Å²) >= 11 is 0. The Morgan fingerprint density at radius 3 is 2.04 bits per heavy atom. The zero-order chi connectivity index (χ0) is 20.9. The van der Waals surface area contributed by atoms with E-state index in [1.807, 2.05) is 0 Å². The van der Waals surface area contributed by atoms with Gasteiger partial charge < -0.3 is 0 Å². The molecule has 1 aromatic heterocycles. The molecule has 148 valence electrons. The maximum Gasteiger partial charge on any atom is 0.453 e. The molecule has 0 amide bonds. The van der Waals surface area contributed by atoms with Crippen molar-refractivity contribution in [1.29, 1.82) is 0 Å². The topological polar surface area (TPSA) is 90.9 Å². The molecule has 0 bridgehead atoms. The third kappa shape index (κ3) is 3.71. The number of hydrogen-bond donors (Lipinski definition) is 1. The number of halogens is 6. The van der Waals surface area contributed by atoms with Gasteiger partial charge in [-0.2, -0.15) is 13.2 Å². The molecule has 0 spiro atoms. The maximum absolute atomic E-state index is 14.1.